The van der Waals surface area contributed by atoms with Crippen molar-refractivity contribution in [3.8, 4) is 11.1 Å². The number of carbonyl (C=O) groups excluding carboxylic acids is 1. The van der Waals surface area contributed by atoms with Gasteiger partial charge in [-0.25, -0.2) is 9.18 Å². The molecule has 0 aromatic heterocycles. The molecule has 4 nitrogen and oxygen atoms in total. The topological polar surface area (TPSA) is 57.6 Å². The van der Waals surface area contributed by atoms with Gasteiger partial charge in [-0.15, -0.1) is 0 Å². The molecule has 0 spiro atoms. The lowest BCUT2D eigenvalue weighted by molar-refractivity contribution is 0.0696. The summed E-state index contributed by atoms with van der Waals surface area (Å²) in [7, 11) is 0. The van der Waals surface area contributed by atoms with Gasteiger partial charge < -0.3 is 10.0 Å². The van der Waals surface area contributed by atoms with Crippen LogP contribution in [-0.2, 0) is 13.0 Å². The zero-order valence-electron chi connectivity index (χ0n) is 20.2. The van der Waals surface area contributed by atoms with Crippen molar-refractivity contribution in [2.75, 3.05) is 6.54 Å². The van der Waals surface area contributed by atoms with E-state index in [2.05, 4.69) is 12.1 Å². The second-order valence-electron chi connectivity index (χ2n) is 8.82. The van der Waals surface area contributed by atoms with E-state index in [1.54, 1.807) is 29.2 Å². The van der Waals surface area contributed by atoms with Crippen molar-refractivity contribution >= 4 is 11.9 Å². The zero-order valence-corrected chi connectivity index (χ0v) is 20.2. The maximum Gasteiger partial charge on any atom is 0.336 e. The molecule has 0 bridgehead atoms. The molecule has 36 heavy (non-hydrogen) atoms. The van der Waals surface area contributed by atoms with Gasteiger partial charge in [0.25, 0.3) is 5.91 Å². The minimum absolute atomic E-state index is 0.208. The summed E-state index contributed by atoms with van der Waals surface area (Å²) in [6.07, 6.45) is 1.60. The summed E-state index contributed by atoms with van der Waals surface area (Å²) >= 11 is 0. The summed E-state index contributed by atoms with van der Waals surface area (Å²) in [6, 6.07) is 28.8. The number of hydrogen-bond acceptors (Lipinski definition) is 2. The van der Waals surface area contributed by atoms with Crippen molar-refractivity contribution in [2.45, 2.75) is 26.3 Å². The van der Waals surface area contributed by atoms with Gasteiger partial charge in [0.1, 0.15) is 5.82 Å². The minimum atomic E-state index is -0.977. The molecule has 4 rings (SSSR count). The van der Waals surface area contributed by atoms with Crippen LogP contribution in [0.4, 0.5) is 4.39 Å². The Kier molecular flexibility index (Phi) is 7.91. The van der Waals surface area contributed by atoms with Gasteiger partial charge in [0.2, 0.25) is 0 Å². The maximum atomic E-state index is 14.0. The average Bonchev–Trinajstić information content (AvgIpc) is 2.90. The Morgan fingerprint density at radius 1 is 0.806 bits per heavy atom. The number of amides is 1. The largest absolute Gasteiger partial charge is 0.478 e. The number of carbonyl (C=O) groups is 2. The second-order valence-corrected chi connectivity index (χ2v) is 8.82. The van der Waals surface area contributed by atoms with E-state index in [1.807, 2.05) is 55.5 Å². The molecular weight excluding hydrogens is 453 g/mol. The van der Waals surface area contributed by atoms with Crippen molar-refractivity contribution in [1.82, 2.24) is 4.90 Å². The number of halogens is 1. The highest BCUT2D eigenvalue weighted by Gasteiger charge is 2.19. The van der Waals surface area contributed by atoms with Gasteiger partial charge in [-0.1, -0.05) is 78.9 Å². The van der Waals surface area contributed by atoms with Gasteiger partial charge in [0.15, 0.2) is 0 Å². The number of benzene rings is 4. The Labute approximate surface area is 210 Å². The molecule has 0 radical (unpaired) electrons. The first-order valence-corrected chi connectivity index (χ1v) is 11.9. The van der Waals surface area contributed by atoms with Crippen molar-refractivity contribution < 1.29 is 19.1 Å². The van der Waals surface area contributed by atoms with Gasteiger partial charge in [-0.2, -0.15) is 0 Å². The van der Waals surface area contributed by atoms with Crippen LogP contribution in [-0.4, -0.2) is 28.4 Å². The molecule has 5 heteroatoms. The number of carboxylic acid groups (broad SMARTS) is 1. The molecule has 0 aliphatic heterocycles. The van der Waals surface area contributed by atoms with E-state index in [-0.39, 0.29) is 11.5 Å². The van der Waals surface area contributed by atoms with Crippen molar-refractivity contribution in [2.24, 2.45) is 0 Å². The first kappa shape index (κ1) is 24.9. The lowest BCUT2D eigenvalue weighted by atomic mass is 9.98. The van der Waals surface area contributed by atoms with E-state index < -0.39 is 11.8 Å². The predicted molar refractivity (Wildman–Crippen MR) is 139 cm³/mol. The van der Waals surface area contributed by atoms with Crippen molar-refractivity contribution in [1.29, 1.82) is 0 Å². The number of hydrogen-bond donors (Lipinski definition) is 1. The van der Waals surface area contributed by atoms with Gasteiger partial charge in [-0.3, -0.25) is 4.79 Å². The third kappa shape index (κ3) is 6.05. The van der Waals surface area contributed by atoms with Gasteiger partial charge >= 0.3 is 5.97 Å². The summed E-state index contributed by atoms with van der Waals surface area (Å²) < 4.78 is 14.0. The molecule has 0 saturated heterocycles. The van der Waals surface area contributed by atoms with Crippen LogP contribution in [0.2, 0.25) is 0 Å². The Morgan fingerprint density at radius 3 is 2.22 bits per heavy atom. The van der Waals surface area contributed by atoms with Crippen LogP contribution in [0.25, 0.3) is 11.1 Å². The van der Waals surface area contributed by atoms with Gasteiger partial charge in [0.05, 0.1) is 5.56 Å². The molecule has 0 atom stereocenters. The Bertz CT molecular complexity index is 1350. The van der Waals surface area contributed by atoms with Crippen LogP contribution in [0.1, 0.15) is 43.8 Å². The van der Waals surface area contributed by atoms with E-state index in [4.69, 9.17) is 0 Å². The Hall–Kier alpha value is -4.25. The zero-order chi connectivity index (χ0) is 25.5. The molecule has 0 saturated carbocycles. The fourth-order valence-corrected chi connectivity index (χ4v) is 4.30. The summed E-state index contributed by atoms with van der Waals surface area (Å²) in [5, 5.41) is 9.51. The molecular formula is C31H28FNO3. The molecule has 1 amide bonds. The number of aromatic carboxylic acids is 1. The predicted octanol–water partition coefficient (Wildman–Crippen LogP) is 6.77. The Morgan fingerprint density at radius 2 is 1.50 bits per heavy atom. The fraction of sp³-hybridized carbons (Fsp3) is 0.161. The monoisotopic (exact) mass is 481 g/mol. The maximum absolute atomic E-state index is 14.0. The standard InChI is InChI=1S/C31H28FNO3/c1-22-13-18-26(32)20-29(22)30(34)33(19-7-10-23-8-3-2-4-9-23)21-24-14-16-25(17-15-24)27-11-5-6-12-28(27)31(35)36/h2-6,8-9,11-18,20H,7,10,19,21H2,1H3,(H,35,36). The highest BCUT2D eigenvalue weighted by atomic mass is 19.1. The van der Waals surface area contributed by atoms with Gasteiger partial charge in [-0.05, 0) is 65.8 Å². The second kappa shape index (κ2) is 11.5. The van der Waals surface area contributed by atoms with E-state index >= 15 is 0 Å². The lowest BCUT2D eigenvalue weighted by Gasteiger charge is -2.24. The number of nitrogens with zero attached hydrogens (tertiary/aromatic N) is 1. The number of aryl methyl sites for hydroxylation is 2. The molecule has 4 aromatic carbocycles. The summed E-state index contributed by atoms with van der Waals surface area (Å²) in [5.74, 6) is -1.62. The van der Waals surface area contributed by atoms with Crippen molar-refractivity contribution in [3.63, 3.8) is 0 Å². The molecule has 182 valence electrons. The van der Waals surface area contributed by atoms with Crippen LogP contribution in [0, 0.1) is 12.7 Å². The van der Waals surface area contributed by atoms with Crippen LogP contribution in [0.3, 0.4) is 0 Å². The SMILES string of the molecule is Cc1ccc(F)cc1C(=O)N(CCCc1ccccc1)Cc1ccc(-c2ccccc2C(=O)O)cc1. The third-order valence-electron chi connectivity index (χ3n) is 6.25. The average molecular weight is 482 g/mol. The highest BCUT2D eigenvalue weighted by molar-refractivity contribution is 5.96. The quantitative estimate of drug-likeness (QED) is 0.287. The smallest absolute Gasteiger partial charge is 0.336 e. The molecule has 1 N–H and O–H groups in total. The normalized spacial score (nSPS) is 10.7. The van der Waals surface area contributed by atoms with E-state index in [1.165, 1.54) is 17.7 Å². The summed E-state index contributed by atoms with van der Waals surface area (Å²) in [4.78, 5) is 26.8. The molecule has 0 heterocycles. The van der Waals surface area contributed by atoms with Crippen LogP contribution >= 0.6 is 0 Å². The first-order chi connectivity index (χ1) is 17.4. The van der Waals surface area contributed by atoms with E-state index in [0.29, 0.717) is 24.2 Å². The van der Waals surface area contributed by atoms with Gasteiger partial charge in [0, 0.05) is 18.7 Å². The first-order valence-electron chi connectivity index (χ1n) is 11.9. The number of carboxylic acids is 1. The fourth-order valence-electron chi connectivity index (χ4n) is 4.30. The van der Waals surface area contributed by atoms with Crippen molar-refractivity contribution in [3.05, 3.63) is 131 Å². The molecule has 4 aromatic rings. The lowest BCUT2D eigenvalue weighted by Crippen LogP contribution is -2.32. The van der Waals surface area contributed by atoms with E-state index in [0.717, 1.165) is 29.5 Å². The molecule has 0 aliphatic rings. The van der Waals surface area contributed by atoms with Crippen LogP contribution in [0.5, 0.6) is 0 Å². The Balaban J connectivity index is 1.55. The van der Waals surface area contributed by atoms with E-state index in [9.17, 15) is 19.1 Å². The summed E-state index contributed by atoms with van der Waals surface area (Å²) in [6.45, 7) is 2.70. The minimum Gasteiger partial charge on any atom is -0.478 e. The van der Waals surface area contributed by atoms with Crippen LogP contribution in [0.15, 0.2) is 97.1 Å². The third-order valence-corrected chi connectivity index (χ3v) is 6.25. The summed E-state index contributed by atoms with van der Waals surface area (Å²) in [5.41, 5.74) is 4.88. The molecule has 0 fully saturated rings. The molecule has 0 aliphatic carbocycles. The molecule has 0 unspecified atom stereocenters. The number of rotatable bonds is 9. The van der Waals surface area contributed by atoms with Crippen LogP contribution < -0.4 is 0 Å². The highest BCUT2D eigenvalue weighted by Crippen LogP contribution is 2.25.